The predicted molar refractivity (Wildman–Crippen MR) is 90.3 cm³/mol. The molecule has 0 fully saturated rings. The third-order valence-electron chi connectivity index (χ3n) is 4.30. The van der Waals surface area contributed by atoms with Crippen molar-refractivity contribution in [2.45, 2.75) is 58.0 Å². The van der Waals surface area contributed by atoms with Crippen molar-refractivity contribution in [3.05, 3.63) is 35.7 Å². The van der Waals surface area contributed by atoms with Crippen LogP contribution in [0.25, 0.3) is 11.4 Å². The normalized spacial score (nSPS) is 13.4. The van der Waals surface area contributed by atoms with Crippen LogP contribution < -0.4 is 0 Å². The molecular weight excluding hydrogens is 404 g/mol. The number of rotatable bonds is 7. The summed E-state index contributed by atoms with van der Waals surface area (Å²) < 4.78 is 79.0. The molecule has 0 aliphatic heterocycles. The molecular formula is C18H19F6N3O2. The van der Waals surface area contributed by atoms with E-state index in [4.69, 9.17) is 0 Å². The van der Waals surface area contributed by atoms with Gasteiger partial charge in [-0.05, 0) is 18.9 Å². The molecule has 0 radical (unpaired) electrons. The van der Waals surface area contributed by atoms with Gasteiger partial charge in [0.2, 0.25) is 11.7 Å². The minimum atomic E-state index is -4.75. The lowest BCUT2D eigenvalue weighted by molar-refractivity contribution is -0.159. The first-order valence-corrected chi connectivity index (χ1v) is 8.77. The molecule has 1 aromatic heterocycles. The molecule has 11 heteroatoms. The number of hydrogen-bond donors (Lipinski definition) is 0. The first kappa shape index (κ1) is 22.7. The van der Waals surface area contributed by atoms with E-state index >= 15 is 0 Å². The number of alkyl halides is 6. The average molecular weight is 423 g/mol. The Hall–Kier alpha value is -2.59. The molecule has 2 aromatic rings. The van der Waals surface area contributed by atoms with Gasteiger partial charge in [-0.2, -0.15) is 31.3 Å². The van der Waals surface area contributed by atoms with Crippen LogP contribution in [0.1, 0.15) is 44.6 Å². The Kier molecular flexibility index (Phi) is 6.91. The first-order valence-electron chi connectivity index (χ1n) is 8.77. The van der Waals surface area contributed by atoms with Crippen molar-refractivity contribution in [3.63, 3.8) is 0 Å². The van der Waals surface area contributed by atoms with Crippen molar-refractivity contribution in [1.29, 1.82) is 0 Å². The van der Waals surface area contributed by atoms with Crippen molar-refractivity contribution in [3.8, 4) is 11.4 Å². The van der Waals surface area contributed by atoms with Gasteiger partial charge in [0.1, 0.15) is 0 Å². The molecule has 2 rings (SSSR count). The molecule has 1 heterocycles. The number of carbonyl (C=O) groups is 1. The fraction of sp³-hybridized carbons (Fsp3) is 0.500. The number of aromatic nitrogens is 2. The molecule has 0 aliphatic rings. The monoisotopic (exact) mass is 423 g/mol. The molecule has 0 spiro atoms. The molecule has 1 amide bonds. The van der Waals surface area contributed by atoms with E-state index in [0.29, 0.717) is 12.0 Å². The van der Waals surface area contributed by atoms with Crippen LogP contribution >= 0.6 is 0 Å². The van der Waals surface area contributed by atoms with Gasteiger partial charge in [-0.3, -0.25) is 4.79 Å². The molecule has 0 saturated heterocycles. The zero-order valence-corrected chi connectivity index (χ0v) is 15.6. The van der Waals surface area contributed by atoms with Crippen LogP contribution in [0.5, 0.6) is 0 Å². The Morgan fingerprint density at radius 1 is 1.14 bits per heavy atom. The maximum Gasteiger partial charge on any atom is 0.471 e. The summed E-state index contributed by atoms with van der Waals surface area (Å²) in [7, 11) is 0. The number of hydrogen-bond acceptors (Lipinski definition) is 4. The van der Waals surface area contributed by atoms with E-state index in [0.717, 1.165) is 0 Å². The highest BCUT2D eigenvalue weighted by molar-refractivity contribution is 5.76. The van der Waals surface area contributed by atoms with E-state index in [1.54, 1.807) is 19.1 Å². The summed E-state index contributed by atoms with van der Waals surface area (Å²) in [6.45, 7) is 3.62. The smallest absolute Gasteiger partial charge is 0.336 e. The van der Waals surface area contributed by atoms with Gasteiger partial charge in [-0.25, -0.2) is 0 Å². The molecule has 5 nitrogen and oxygen atoms in total. The molecule has 0 bridgehead atoms. The summed E-state index contributed by atoms with van der Waals surface area (Å²) in [4.78, 5) is 16.9. The highest BCUT2D eigenvalue weighted by Gasteiger charge is 2.38. The summed E-state index contributed by atoms with van der Waals surface area (Å²) >= 11 is 0. The number of nitrogens with zero attached hydrogens (tertiary/aromatic N) is 3. The fourth-order valence-corrected chi connectivity index (χ4v) is 2.51. The Morgan fingerprint density at radius 2 is 1.76 bits per heavy atom. The van der Waals surface area contributed by atoms with Crippen LogP contribution in [-0.4, -0.2) is 33.2 Å². The maximum atomic E-state index is 12.5. The predicted octanol–water partition coefficient (Wildman–Crippen LogP) is 5.23. The second kappa shape index (κ2) is 8.83. The molecule has 0 N–H and O–H groups in total. The van der Waals surface area contributed by atoms with Crippen LogP contribution in [0.15, 0.2) is 28.8 Å². The second-order valence-corrected chi connectivity index (χ2v) is 6.51. The molecule has 1 aromatic carbocycles. The Bertz CT molecular complexity index is 814. The minimum absolute atomic E-state index is 0.0754. The van der Waals surface area contributed by atoms with Gasteiger partial charge in [0.05, 0.1) is 6.42 Å². The summed E-state index contributed by atoms with van der Waals surface area (Å²) in [5.74, 6) is -2.33. The Balaban J connectivity index is 2.12. The third-order valence-corrected chi connectivity index (χ3v) is 4.30. The standard InChI is InChI=1S/C18H19F6N3O2/c1-3-11(2)27(14(28)8-9-17(19,20)21)10-12-4-6-13(7-5-12)15-25-16(29-26-15)18(22,23)24/h4-7,11H,3,8-10H2,1-2H3. The first-order chi connectivity index (χ1) is 13.4. The number of amides is 1. The number of benzene rings is 1. The van der Waals surface area contributed by atoms with Crippen molar-refractivity contribution in [2.75, 3.05) is 0 Å². The van der Waals surface area contributed by atoms with Gasteiger partial charge in [0.25, 0.3) is 0 Å². The summed E-state index contributed by atoms with van der Waals surface area (Å²) in [5, 5.41) is 3.28. The third kappa shape index (κ3) is 6.47. The molecule has 29 heavy (non-hydrogen) atoms. The summed E-state index contributed by atoms with van der Waals surface area (Å²) in [6.07, 6.45) is -10.5. The van der Waals surface area contributed by atoms with Gasteiger partial charge < -0.3 is 9.42 Å². The lowest BCUT2D eigenvalue weighted by atomic mass is 10.1. The molecule has 160 valence electrons. The van der Waals surface area contributed by atoms with E-state index in [2.05, 4.69) is 14.7 Å². The van der Waals surface area contributed by atoms with E-state index in [9.17, 15) is 31.1 Å². The highest BCUT2D eigenvalue weighted by Crippen LogP contribution is 2.29. The van der Waals surface area contributed by atoms with Gasteiger partial charge >= 0.3 is 18.2 Å². The second-order valence-electron chi connectivity index (χ2n) is 6.51. The van der Waals surface area contributed by atoms with Crippen molar-refractivity contribution in [1.82, 2.24) is 15.0 Å². The van der Waals surface area contributed by atoms with Crippen LogP contribution in [0.3, 0.4) is 0 Å². The van der Waals surface area contributed by atoms with Crippen LogP contribution in [0.2, 0.25) is 0 Å². The lowest BCUT2D eigenvalue weighted by Gasteiger charge is -2.29. The van der Waals surface area contributed by atoms with Gasteiger partial charge in [-0.15, -0.1) is 0 Å². The van der Waals surface area contributed by atoms with E-state index in [-0.39, 0.29) is 24.0 Å². The van der Waals surface area contributed by atoms with E-state index in [1.807, 2.05) is 6.92 Å². The molecule has 0 aliphatic carbocycles. The SMILES string of the molecule is CCC(C)N(Cc1ccc(-c2noc(C(F)(F)F)n2)cc1)C(=O)CCC(F)(F)F. The fourth-order valence-electron chi connectivity index (χ4n) is 2.51. The number of carbonyl (C=O) groups excluding carboxylic acids is 1. The molecule has 0 saturated carbocycles. The van der Waals surface area contributed by atoms with Crippen molar-refractivity contribution in [2.24, 2.45) is 0 Å². The molecule has 1 unspecified atom stereocenters. The average Bonchev–Trinajstić information content (AvgIpc) is 3.14. The summed E-state index contributed by atoms with van der Waals surface area (Å²) in [5.41, 5.74) is 0.875. The quantitative estimate of drug-likeness (QED) is 0.573. The van der Waals surface area contributed by atoms with Crippen LogP contribution in [-0.2, 0) is 17.5 Å². The Morgan fingerprint density at radius 3 is 2.24 bits per heavy atom. The van der Waals surface area contributed by atoms with Gasteiger partial charge in [-0.1, -0.05) is 36.3 Å². The van der Waals surface area contributed by atoms with Gasteiger partial charge in [0, 0.05) is 24.6 Å². The lowest BCUT2D eigenvalue weighted by Crippen LogP contribution is -2.38. The van der Waals surface area contributed by atoms with E-state index < -0.39 is 37.0 Å². The van der Waals surface area contributed by atoms with E-state index in [1.165, 1.54) is 17.0 Å². The van der Waals surface area contributed by atoms with Crippen LogP contribution in [0.4, 0.5) is 26.3 Å². The van der Waals surface area contributed by atoms with Gasteiger partial charge in [0.15, 0.2) is 0 Å². The highest BCUT2D eigenvalue weighted by atomic mass is 19.4. The zero-order valence-electron chi connectivity index (χ0n) is 15.6. The number of halogens is 6. The summed E-state index contributed by atoms with van der Waals surface area (Å²) in [6, 6.07) is 5.73. The van der Waals surface area contributed by atoms with Crippen molar-refractivity contribution >= 4 is 5.91 Å². The van der Waals surface area contributed by atoms with Crippen LogP contribution in [0, 0.1) is 0 Å². The minimum Gasteiger partial charge on any atom is -0.336 e. The zero-order chi connectivity index (χ0) is 21.8. The maximum absolute atomic E-state index is 12.5. The topological polar surface area (TPSA) is 59.2 Å². The Labute approximate surface area is 162 Å². The van der Waals surface area contributed by atoms with Crippen molar-refractivity contribution < 1.29 is 35.7 Å². The largest absolute Gasteiger partial charge is 0.471 e. The molecule has 1 atom stereocenters.